The lowest BCUT2D eigenvalue weighted by Crippen LogP contribution is -2.40. The summed E-state index contributed by atoms with van der Waals surface area (Å²) in [6.45, 7) is 2.90. The van der Waals surface area contributed by atoms with E-state index in [-0.39, 0.29) is 12.7 Å². The van der Waals surface area contributed by atoms with Crippen LogP contribution in [0, 0.1) is 0 Å². The van der Waals surface area contributed by atoms with Gasteiger partial charge in [0, 0.05) is 24.2 Å². The Labute approximate surface area is 186 Å². The van der Waals surface area contributed by atoms with Gasteiger partial charge in [-0.05, 0) is 44.4 Å². The number of rotatable bonds is 7. The molecule has 32 heavy (non-hydrogen) atoms. The summed E-state index contributed by atoms with van der Waals surface area (Å²) in [5.41, 5.74) is 1.99. The first-order chi connectivity index (χ1) is 15.6. The fourth-order valence-corrected chi connectivity index (χ4v) is 3.69. The number of hydrogen-bond acceptors (Lipinski definition) is 7. The van der Waals surface area contributed by atoms with E-state index in [1.807, 2.05) is 24.3 Å². The van der Waals surface area contributed by atoms with Crippen LogP contribution in [0.2, 0.25) is 0 Å². The van der Waals surface area contributed by atoms with Gasteiger partial charge < -0.3 is 23.9 Å². The highest BCUT2D eigenvalue weighted by Gasteiger charge is 2.30. The molecule has 0 aliphatic carbocycles. The van der Waals surface area contributed by atoms with Gasteiger partial charge in [0.1, 0.15) is 0 Å². The molecular weight excluding hydrogens is 412 g/mol. The number of nitrogens with zero attached hydrogens (tertiary/aromatic N) is 2. The summed E-state index contributed by atoms with van der Waals surface area (Å²) in [5, 5.41) is 4.00. The SMILES string of the molecule is C/C(=N\OCC(=O)OC(C(=O)N1CCCCC1)c1ccccc1)c1ccc2c(c1)OCO2. The van der Waals surface area contributed by atoms with Crippen LogP contribution in [-0.2, 0) is 19.2 Å². The van der Waals surface area contributed by atoms with Crippen molar-refractivity contribution in [1.82, 2.24) is 4.90 Å². The number of hydrogen-bond donors (Lipinski definition) is 0. The Kier molecular flexibility index (Phi) is 6.89. The fourth-order valence-electron chi connectivity index (χ4n) is 3.69. The molecule has 2 heterocycles. The van der Waals surface area contributed by atoms with Crippen molar-refractivity contribution < 1.29 is 28.6 Å². The molecule has 2 aromatic rings. The maximum atomic E-state index is 13.1. The van der Waals surface area contributed by atoms with Gasteiger partial charge in [-0.3, -0.25) is 4.79 Å². The number of carbonyl (C=O) groups excluding carboxylic acids is 2. The van der Waals surface area contributed by atoms with Crippen LogP contribution in [0.1, 0.15) is 43.4 Å². The zero-order valence-electron chi connectivity index (χ0n) is 18.0. The molecule has 1 fully saturated rings. The van der Waals surface area contributed by atoms with Gasteiger partial charge in [0.05, 0.1) is 5.71 Å². The first-order valence-corrected chi connectivity index (χ1v) is 10.7. The minimum atomic E-state index is -0.996. The van der Waals surface area contributed by atoms with Crippen molar-refractivity contribution in [3.05, 3.63) is 59.7 Å². The molecule has 8 nitrogen and oxygen atoms in total. The van der Waals surface area contributed by atoms with E-state index in [1.54, 1.807) is 36.1 Å². The van der Waals surface area contributed by atoms with E-state index in [0.717, 1.165) is 24.8 Å². The number of likely N-dealkylation sites (tertiary alicyclic amines) is 1. The van der Waals surface area contributed by atoms with E-state index in [4.69, 9.17) is 19.0 Å². The molecular formula is C24H26N2O6. The van der Waals surface area contributed by atoms with Gasteiger partial charge in [-0.15, -0.1) is 0 Å². The Morgan fingerprint density at radius 2 is 1.78 bits per heavy atom. The van der Waals surface area contributed by atoms with Crippen molar-refractivity contribution in [2.75, 3.05) is 26.5 Å². The molecule has 1 amide bonds. The average Bonchev–Trinajstić information content (AvgIpc) is 3.31. The molecule has 1 saturated heterocycles. The fraction of sp³-hybridized carbons (Fsp3) is 0.375. The molecule has 0 N–H and O–H groups in total. The van der Waals surface area contributed by atoms with Crippen LogP contribution in [0.15, 0.2) is 53.7 Å². The Hall–Kier alpha value is -3.55. The second kappa shape index (κ2) is 10.2. The molecule has 2 aliphatic heterocycles. The summed E-state index contributed by atoms with van der Waals surface area (Å²) in [5.74, 6) is 0.450. The molecule has 8 heteroatoms. The van der Waals surface area contributed by atoms with E-state index >= 15 is 0 Å². The number of benzene rings is 2. The zero-order valence-corrected chi connectivity index (χ0v) is 18.0. The van der Waals surface area contributed by atoms with Gasteiger partial charge >= 0.3 is 5.97 Å². The maximum Gasteiger partial charge on any atom is 0.348 e. The van der Waals surface area contributed by atoms with Crippen molar-refractivity contribution >= 4 is 17.6 Å². The van der Waals surface area contributed by atoms with E-state index in [0.29, 0.717) is 35.9 Å². The lowest BCUT2D eigenvalue weighted by molar-refractivity contribution is -0.164. The van der Waals surface area contributed by atoms with Gasteiger partial charge in [0.25, 0.3) is 5.91 Å². The van der Waals surface area contributed by atoms with E-state index in [2.05, 4.69) is 5.16 Å². The quantitative estimate of drug-likeness (QED) is 0.374. The van der Waals surface area contributed by atoms with Crippen LogP contribution in [0.5, 0.6) is 11.5 Å². The number of fused-ring (bicyclic) bond motifs is 1. The molecule has 0 spiro atoms. The summed E-state index contributed by atoms with van der Waals surface area (Å²) >= 11 is 0. The third-order valence-corrected chi connectivity index (χ3v) is 5.42. The van der Waals surface area contributed by atoms with Crippen molar-refractivity contribution in [3.63, 3.8) is 0 Å². The van der Waals surface area contributed by atoms with Gasteiger partial charge in [-0.25, -0.2) is 4.79 Å². The lowest BCUT2D eigenvalue weighted by Gasteiger charge is -2.30. The van der Waals surface area contributed by atoms with E-state index in [9.17, 15) is 9.59 Å². The van der Waals surface area contributed by atoms with Gasteiger partial charge in [0.2, 0.25) is 19.5 Å². The molecule has 1 unspecified atom stereocenters. The second-order valence-electron chi connectivity index (χ2n) is 7.68. The Balaban J connectivity index is 1.37. The van der Waals surface area contributed by atoms with E-state index < -0.39 is 18.7 Å². The summed E-state index contributed by atoms with van der Waals surface area (Å²) in [6, 6.07) is 14.5. The Morgan fingerprint density at radius 1 is 1.03 bits per heavy atom. The van der Waals surface area contributed by atoms with Crippen LogP contribution in [0.3, 0.4) is 0 Å². The molecule has 0 bridgehead atoms. The molecule has 0 radical (unpaired) electrons. The van der Waals surface area contributed by atoms with Crippen molar-refractivity contribution in [2.24, 2.45) is 5.16 Å². The molecule has 1 atom stereocenters. The number of piperidine rings is 1. The monoisotopic (exact) mass is 438 g/mol. The first-order valence-electron chi connectivity index (χ1n) is 10.7. The van der Waals surface area contributed by atoms with Gasteiger partial charge in [0.15, 0.2) is 11.5 Å². The van der Waals surface area contributed by atoms with Crippen molar-refractivity contribution in [1.29, 1.82) is 0 Å². The molecule has 4 rings (SSSR count). The summed E-state index contributed by atoms with van der Waals surface area (Å²) in [4.78, 5) is 32.5. The molecule has 2 aliphatic rings. The second-order valence-corrected chi connectivity index (χ2v) is 7.68. The van der Waals surface area contributed by atoms with E-state index in [1.165, 1.54) is 0 Å². The Morgan fingerprint density at radius 3 is 2.56 bits per heavy atom. The summed E-state index contributed by atoms with van der Waals surface area (Å²) in [7, 11) is 0. The highest BCUT2D eigenvalue weighted by atomic mass is 16.7. The number of amides is 1. The first kappa shape index (κ1) is 21.7. The molecule has 168 valence electrons. The third-order valence-electron chi connectivity index (χ3n) is 5.42. The lowest BCUT2D eigenvalue weighted by atomic mass is 10.1. The van der Waals surface area contributed by atoms with Crippen LogP contribution < -0.4 is 9.47 Å². The molecule has 2 aromatic carbocycles. The third kappa shape index (κ3) is 5.19. The molecule has 0 saturated carbocycles. The topological polar surface area (TPSA) is 86.7 Å². The van der Waals surface area contributed by atoms with Crippen LogP contribution in [0.25, 0.3) is 0 Å². The highest BCUT2D eigenvalue weighted by Crippen LogP contribution is 2.32. The number of esters is 1. The number of ether oxygens (including phenoxy) is 3. The van der Waals surface area contributed by atoms with Crippen LogP contribution >= 0.6 is 0 Å². The largest absolute Gasteiger partial charge is 0.454 e. The smallest absolute Gasteiger partial charge is 0.348 e. The highest BCUT2D eigenvalue weighted by molar-refractivity contribution is 5.99. The van der Waals surface area contributed by atoms with Gasteiger partial charge in [-0.2, -0.15) is 0 Å². The molecule has 0 aromatic heterocycles. The van der Waals surface area contributed by atoms with Crippen LogP contribution in [0.4, 0.5) is 0 Å². The minimum Gasteiger partial charge on any atom is -0.454 e. The average molecular weight is 438 g/mol. The normalized spacial score (nSPS) is 16.4. The predicted octanol–water partition coefficient (Wildman–Crippen LogP) is 3.45. The standard InChI is InChI=1S/C24H26N2O6/c1-17(19-10-11-20-21(14-19)30-16-29-20)25-31-15-22(27)32-23(18-8-4-2-5-9-18)24(28)26-12-6-3-7-13-26/h2,4-5,8-11,14,23H,3,6-7,12-13,15-16H2,1H3/b25-17+. The maximum absolute atomic E-state index is 13.1. The van der Waals surface area contributed by atoms with Crippen molar-refractivity contribution in [3.8, 4) is 11.5 Å². The van der Waals surface area contributed by atoms with Crippen molar-refractivity contribution in [2.45, 2.75) is 32.3 Å². The summed E-state index contributed by atoms with van der Waals surface area (Å²) < 4.78 is 16.2. The number of oxime groups is 1. The zero-order chi connectivity index (χ0) is 22.3. The Bertz CT molecular complexity index is 985. The van der Waals surface area contributed by atoms with Crippen LogP contribution in [-0.4, -0.2) is 49.0 Å². The minimum absolute atomic E-state index is 0.191. The predicted molar refractivity (Wildman–Crippen MR) is 116 cm³/mol. The van der Waals surface area contributed by atoms with Gasteiger partial charge in [-0.1, -0.05) is 35.5 Å². The summed E-state index contributed by atoms with van der Waals surface area (Å²) in [6.07, 6.45) is 2.02. The number of carbonyl (C=O) groups is 2.